The van der Waals surface area contributed by atoms with Gasteiger partial charge in [-0.15, -0.1) is 0 Å². The maximum Gasteiger partial charge on any atom is 0.416 e. The van der Waals surface area contributed by atoms with Crippen LogP contribution < -0.4 is 9.62 Å². The van der Waals surface area contributed by atoms with Crippen LogP contribution in [0.1, 0.15) is 23.6 Å². The second-order valence-corrected chi connectivity index (χ2v) is 10.5. The maximum absolute atomic E-state index is 13.6. The fourth-order valence-electron chi connectivity index (χ4n) is 3.77. The van der Waals surface area contributed by atoms with Crippen LogP contribution in [0, 0.1) is 6.92 Å². The number of carbonyl (C=O) groups excluding carboxylic acids is 2. The summed E-state index contributed by atoms with van der Waals surface area (Å²) in [5, 5.41) is 2.47. The van der Waals surface area contributed by atoms with E-state index in [0.29, 0.717) is 15.9 Å². The van der Waals surface area contributed by atoms with E-state index in [4.69, 9.17) is 0 Å². The Morgan fingerprint density at radius 2 is 1.58 bits per heavy atom. The van der Waals surface area contributed by atoms with Gasteiger partial charge in [0.2, 0.25) is 11.8 Å². The molecule has 3 aromatic rings. The van der Waals surface area contributed by atoms with Crippen molar-refractivity contribution in [3.8, 4) is 0 Å². The molecule has 0 aliphatic rings. The zero-order valence-electron chi connectivity index (χ0n) is 21.1. The molecular weight excluding hydrogens is 519 g/mol. The Balaban J connectivity index is 2.07. The number of amides is 2. The lowest BCUT2D eigenvalue weighted by atomic mass is 10.1. The van der Waals surface area contributed by atoms with Gasteiger partial charge in [0.1, 0.15) is 12.6 Å². The molecular formula is C27H28F3N3O4S. The molecule has 11 heteroatoms. The van der Waals surface area contributed by atoms with E-state index in [0.717, 1.165) is 17.7 Å². The molecule has 0 aliphatic heterocycles. The van der Waals surface area contributed by atoms with E-state index in [-0.39, 0.29) is 17.1 Å². The number of alkyl halides is 3. The monoisotopic (exact) mass is 547 g/mol. The SMILES string of the molecule is CNC(=O)C(C)N(Cc1ccc(C)cc1)C(=O)CN(c1cccc(C(F)(F)F)c1)S(=O)(=O)c1ccccc1. The van der Waals surface area contributed by atoms with Gasteiger partial charge in [-0.2, -0.15) is 13.2 Å². The highest BCUT2D eigenvalue weighted by Gasteiger charge is 2.35. The predicted octanol–water partition coefficient (Wildman–Crippen LogP) is 4.37. The topological polar surface area (TPSA) is 86.8 Å². The standard InChI is InChI=1S/C27H28F3N3O4S/c1-19-12-14-21(15-13-19)17-32(20(2)26(35)31-3)25(34)18-33(38(36,37)24-10-5-4-6-11-24)23-9-7-8-22(16-23)27(28,29)30/h4-16,20H,17-18H2,1-3H3,(H,31,35). The Morgan fingerprint density at radius 3 is 2.16 bits per heavy atom. The molecule has 0 saturated carbocycles. The van der Waals surface area contributed by atoms with Gasteiger partial charge in [0, 0.05) is 13.6 Å². The number of halogens is 3. The number of anilines is 1. The van der Waals surface area contributed by atoms with Gasteiger partial charge in [-0.05, 0) is 49.7 Å². The number of sulfonamides is 1. The van der Waals surface area contributed by atoms with Gasteiger partial charge in [-0.25, -0.2) is 8.42 Å². The molecule has 0 radical (unpaired) electrons. The van der Waals surface area contributed by atoms with E-state index in [1.54, 1.807) is 18.2 Å². The van der Waals surface area contributed by atoms with Crippen molar-refractivity contribution in [1.82, 2.24) is 10.2 Å². The highest BCUT2D eigenvalue weighted by Crippen LogP contribution is 2.33. The summed E-state index contributed by atoms with van der Waals surface area (Å²) in [7, 11) is -3.05. The summed E-state index contributed by atoms with van der Waals surface area (Å²) in [6, 6.07) is 17.1. The van der Waals surface area contributed by atoms with Gasteiger partial charge in [0.05, 0.1) is 16.1 Å². The summed E-state index contributed by atoms with van der Waals surface area (Å²) in [6.07, 6.45) is -4.73. The van der Waals surface area contributed by atoms with Gasteiger partial charge in [-0.3, -0.25) is 13.9 Å². The Labute approximate surface area is 219 Å². The first-order valence-electron chi connectivity index (χ1n) is 11.7. The van der Waals surface area contributed by atoms with E-state index in [9.17, 15) is 31.2 Å². The normalized spacial score (nSPS) is 12.5. The highest BCUT2D eigenvalue weighted by molar-refractivity contribution is 7.92. The fraction of sp³-hybridized carbons (Fsp3) is 0.259. The summed E-state index contributed by atoms with van der Waals surface area (Å²) in [5.41, 5.74) is 0.276. The van der Waals surface area contributed by atoms with Gasteiger partial charge in [0.25, 0.3) is 10.0 Å². The van der Waals surface area contributed by atoms with Crippen molar-refractivity contribution >= 4 is 27.5 Å². The van der Waals surface area contributed by atoms with E-state index < -0.39 is 46.2 Å². The summed E-state index contributed by atoms with van der Waals surface area (Å²) in [6.45, 7) is 2.54. The molecule has 0 aliphatic carbocycles. The van der Waals surface area contributed by atoms with Gasteiger partial charge in [-0.1, -0.05) is 54.1 Å². The Morgan fingerprint density at radius 1 is 0.947 bits per heavy atom. The lowest BCUT2D eigenvalue weighted by Gasteiger charge is -2.32. The number of hydrogen-bond acceptors (Lipinski definition) is 4. The van der Waals surface area contributed by atoms with Crippen molar-refractivity contribution in [3.05, 3.63) is 95.6 Å². The van der Waals surface area contributed by atoms with E-state index in [1.807, 2.05) is 19.1 Å². The molecule has 0 fully saturated rings. The van der Waals surface area contributed by atoms with Crippen molar-refractivity contribution in [1.29, 1.82) is 0 Å². The minimum atomic E-state index is -4.73. The molecule has 3 rings (SSSR count). The van der Waals surface area contributed by atoms with Crippen molar-refractivity contribution in [2.45, 2.75) is 37.5 Å². The molecule has 3 aromatic carbocycles. The van der Waals surface area contributed by atoms with Gasteiger partial charge >= 0.3 is 6.18 Å². The summed E-state index contributed by atoms with van der Waals surface area (Å²) >= 11 is 0. The zero-order chi connectivity index (χ0) is 28.1. The average molecular weight is 548 g/mol. The number of aryl methyl sites for hydroxylation is 1. The van der Waals surface area contributed by atoms with Crippen molar-refractivity contribution in [2.24, 2.45) is 0 Å². The number of nitrogens with zero attached hydrogens (tertiary/aromatic N) is 2. The molecule has 0 spiro atoms. The van der Waals surface area contributed by atoms with E-state index >= 15 is 0 Å². The molecule has 38 heavy (non-hydrogen) atoms. The van der Waals surface area contributed by atoms with Crippen LogP contribution in [-0.4, -0.2) is 44.8 Å². The molecule has 1 N–H and O–H groups in total. The minimum Gasteiger partial charge on any atom is -0.357 e. The summed E-state index contributed by atoms with van der Waals surface area (Å²) < 4.78 is 68.2. The van der Waals surface area contributed by atoms with Crippen LogP contribution in [0.25, 0.3) is 0 Å². The van der Waals surface area contributed by atoms with Crippen molar-refractivity contribution in [3.63, 3.8) is 0 Å². The smallest absolute Gasteiger partial charge is 0.357 e. The van der Waals surface area contributed by atoms with Crippen molar-refractivity contribution in [2.75, 3.05) is 17.9 Å². The first kappa shape index (κ1) is 28.7. The van der Waals surface area contributed by atoms with Crippen LogP contribution in [0.5, 0.6) is 0 Å². The average Bonchev–Trinajstić information content (AvgIpc) is 2.90. The van der Waals surface area contributed by atoms with Crippen LogP contribution >= 0.6 is 0 Å². The number of hydrogen-bond donors (Lipinski definition) is 1. The van der Waals surface area contributed by atoms with Gasteiger partial charge in [0.15, 0.2) is 0 Å². The van der Waals surface area contributed by atoms with Crippen molar-refractivity contribution < 1.29 is 31.2 Å². The third-order valence-electron chi connectivity index (χ3n) is 5.96. The Bertz CT molecular complexity index is 1380. The molecule has 0 heterocycles. The number of benzene rings is 3. The lowest BCUT2D eigenvalue weighted by Crippen LogP contribution is -2.50. The second kappa shape index (κ2) is 11.7. The van der Waals surface area contributed by atoms with Gasteiger partial charge < -0.3 is 10.2 Å². The molecule has 2 amide bonds. The van der Waals surface area contributed by atoms with Crippen LogP contribution in [-0.2, 0) is 32.3 Å². The third-order valence-corrected chi connectivity index (χ3v) is 7.75. The largest absolute Gasteiger partial charge is 0.416 e. The molecule has 7 nitrogen and oxygen atoms in total. The highest BCUT2D eigenvalue weighted by atomic mass is 32.2. The fourth-order valence-corrected chi connectivity index (χ4v) is 5.19. The number of likely N-dealkylation sites (N-methyl/N-ethyl adjacent to an activating group) is 1. The predicted molar refractivity (Wildman–Crippen MR) is 138 cm³/mol. The van der Waals surface area contributed by atoms with Crippen LogP contribution in [0.2, 0.25) is 0 Å². The minimum absolute atomic E-state index is 0.0183. The quantitative estimate of drug-likeness (QED) is 0.431. The summed E-state index contributed by atoms with van der Waals surface area (Å²) in [5.74, 6) is -1.25. The molecule has 202 valence electrons. The number of carbonyl (C=O) groups is 2. The molecule has 0 saturated heterocycles. The molecule has 1 atom stereocenters. The Kier molecular flexibility index (Phi) is 8.82. The van der Waals surface area contributed by atoms with E-state index in [1.165, 1.54) is 49.2 Å². The van der Waals surface area contributed by atoms with E-state index in [2.05, 4.69) is 5.32 Å². The zero-order valence-corrected chi connectivity index (χ0v) is 21.9. The lowest BCUT2D eigenvalue weighted by molar-refractivity contribution is -0.139. The second-order valence-electron chi connectivity index (χ2n) is 8.67. The molecule has 1 unspecified atom stereocenters. The molecule has 0 aromatic heterocycles. The number of nitrogens with one attached hydrogen (secondary N) is 1. The molecule has 0 bridgehead atoms. The summed E-state index contributed by atoms with van der Waals surface area (Å²) in [4.78, 5) is 27.1. The number of rotatable bonds is 9. The maximum atomic E-state index is 13.6. The van der Waals surface area contributed by atoms with Crippen LogP contribution in [0.4, 0.5) is 18.9 Å². The first-order valence-corrected chi connectivity index (χ1v) is 13.1. The first-order chi connectivity index (χ1) is 17.8. The Hall–Kier alpha value is -3.86. The third kappa shape index (κ3) is 6.71. The van der Waals surface area contributed by atoms with Crippen LogP contribution in [0.15, 0.2) is 83.8 Å². The van der Waals surface area contributed by atoms with Crippen LogP contribution in [0.3, 0.4) is 0 Å².